The Hall–Kier alpha value is -1.68. The van der Waals surface area contributed by atoms with Crippen molar-refractivity contribution >= 4 is 27.3 Å². The molecule has 0 bridgehead atoms. The third-order valence-corrected chi connectivity index (χ3v) is 3.45. The van der Waals surface area contributed by atoms with E-state index in [0.717, 1.165) is 28.9 Å². The number of rotatable bonds is 6. The van der Waals surface area contributed by atoms with Gasteiger partial charge < -0.3 is 15.8 Å². The van der Waals surface area contributed by atoms with E-state index in [0.29, 0.717) is 12.3 Å². The molecule has 0 atom stereocenters. The van der Waals surface area contributed by atoms with Crippen molar-refractivity contribution in [1.82, 2.24) is 0 Å². The van der Waals surface area contributed by atoms with Crippen molar-refractivity contribution in [3.8, 4) is 5.75 Å². The average molecular weight is 335 g/mol. The van der Waals surface area contributed by atoms with Crippen molar-refractivity contribution < 1.29 is 4.74 Å². The summed E-state index contributed by atoms with van der Waals surface area (Å²) in [4.78, 5) is 0. The van der Waals surface area contributed by atoms with Gasteiger partial charge in [0.1, 0.15) is 5.75 Å². The van der Waals surface area contributed by atoms with E-state index in [1.165, 1.54) is 5.56 Å². The van der Waals surface area contributed by atoms with E-state index in [2.05, 4.69) is 40.3 Å². The number of hydrogen-bond acceptors (Lipinski definition) is 3. The second-order valence-corrected chi connectivity index (χ2v) is 5.46. The molecule has 20 heavy (non-hydrogen) atoms. The van der Waals surface area contributed by atoms with Crippen LogP contribution < -0.4 is 15.8 Å². The first kappa shape index (κ1) is 14.7. The zero-order valence-electron chi connectivity index (χ0n) is 11.5. The van der Waals surface area contributed by atoms with Crippen LogP contribution in [0.25, 0.3) is 0 Å². The Labute approximate surface area is 128 Å². The molecule has 0 saturated heterocycles. The highest BCUT2D eigenvalue weighted by atomic mass is 79.9. The Balaban J connectivity index is 2.03. The summed E-state index contributed by atoms with van der Waals surface area (Å²) in [6.07, 6.45) is 0.968. The van der Waals surface area contributed by atoms with E-state index >= 15 is 0 Å². The van der Waals surface area contributed by atoms with Crippen LogP contribution in [0.5, 0.6) is 5.75 Å². The molecule has 0 unspecified atom stereocenters. The molecule has 0 aromatic heterocycles. The van der Waals surface area contributed by atoms with Gasteiger partial charge in [-0.2, -0.15) is 0 Å². The molecule has 0 aliphatic carbocycles. The molecular weight excluding hydrogens is 316 g/mol. The van der Waals surface area contributed by atoms with Gasteiger partial charge in [0.2, 0.25) is 0 Å². The second-order valence-electron chi connectivity index (χ2n) is 4.55. The Bertz CT molecular complexity index is 555. The fraction of sp³-hybridized carbons (Fsp3) is 0.250. The fourth-order valence-corrected chi connectivity index (χ4v) is 2.10. The third kappa shape index (κ3) is 3.90. The molecule has 3 nitrogen and oxygen atoms in total. The van der Waals surface area contributed by atoms with Gasteiger partial charge >= 0.3 is 0 Å². The number of ether oxygens (including phenoxy) is 1. The maximum Gasteiger partial charge on any atom is 0.144 e. The molecule has 0 aliphatic rings. The highest BCUT2D eigenvalue weighted by Crippen LogP contribution is 2.29. The van der Waals surface area contributed by atoms with Gasteiger partial charge in [-0.3, -0.25) is 0 Å². The third-order valence-electron chi connectivity index (χ3n) is 2.92. The molecule has 0 saturated carbocycles. The van der Waals surface area contributed by atoms with Gasteiger partial charge in [0.25, 0.3) is 0 Å². The number of benzene rings is 2. The van der Waals surface area contributed by atoms with Crippen molar-refractivity contribution in [2.75, 3.05) is 17.7 Å². The van der Waals surface area contributed by atoms with Crippen molar-refractivity contribution in [2.45, 2.75) is 19.9 Å². The molecule has 0 radical (unpaired) electrons. The summed E-state index contributed by atoms with van der Waals surface area (Å²) >= 11 is 3.43. The summed E-state index contributed by atoms with van der Waals surface area (Å²) in [6, 6.07) is 14.0. The number of anilines is 2. The van der Waals surface area contributed by atoms with Gasteiger partial charge in [0.15, 0.2) is 0 Å². The smallest absolute Gasteiger partial charge is 0.144 e. The Kier molecular flexibility index (Phi) is 5.30. The van der Waals surface area contributed by atoms with E-state index in [4.69, 9.17) is 10.5 Å². The lowest BCUT2D eigenvalue weighted by atomic mass is 10.2. The van der Waals surface area contributed by atoms with Gasteiger partial charge in [0.05, 0.1) is 18.0 Å². The van der Waals surface area contributed by atoms with Gasteiger partial charge in [-0.1, -0.05) is 41.1 Å². The normalized spacial score (nSPS) is 10.3. The average Bonchev–Trinajstić information content (AvgIpc) is 2.47. The standard InChI is InChI=1S/C16H19BrN2O/c1-2-10-20-15-5-3-4-14(16(15)18)19-11-12-6-8-13(17)9-7-12/h3-9,19H,2,10-11,18H2,1H3. The second kappa shape index (κ2) is 7.20. The SMILES string of the molecule is CCCOc1cccc(NCc2ccc(Br)cc2)c1N. The van der Waals surface area contributed by atoms with Gasteiger partial charge in [0, 0.05) is 11.0 Å². The van der Waals surface area contributed by atoms with E-state index in [-0.39, 0.29) is 0 Å². The van der Waals surface area contributed by atoms with Crippen LogP contribution in [0.1, 0.15) is 18.9 Å². The number of nitrogens with two attached hydrogens (primary N) is 1. The van der Waals surface area contributed by atoms with Crippen LogP contribution in [0.4, 0.5) is 11.4 Å². The highest BCUT2D eigenvalue weighted by molar-refractivity contribution is 9.10. The van der Waals surface area contributed by atoms with Crippen molar-refractivity contribution in [3.05, 3.63) is 52.5 Å². The van der Waals surface area contributed by atoms with Crippen molar-refractivity contribution in [1.29, 1.82) is 0 Å². The van der Waals surface area contributed by atoms with Crippen LogP contribution in [-0.4, -0.2) is 6.61 Å². The lowest BCUT2D eigenvalue weighted by molar-refractivity contribution is 0.319. The summed E-state index contributed by atoms with van der Waals surface area (Å²) in [5, 5.41) is 3.35. The number of nitrogen functional groups attached to an aromatic ring is 1. The van der Waals surface area contributed by atoms with Gasteiger partial charge in [-0.15, -0.1) is 0 Å². The molecule has 2 rings (SSSR count). The zero-order valence-corrected chi connectivity index (χ0v) is 13.1. The first-order valence-corrected chi connectivity index (χ1v) is 7.49. The quantitative estimate of drug-likeness (QED) is 0.768. The largest absolute Gasteiger partial charge is 0.491 e. The molecule has 4 heteroatoms. The Morgan fingerprint density at radius 2 is 1.90 bits per heavy atom. The molecule has 106 valence electrons. The lowest BCUT2D eigenvalue weighted by Crippen LogP contribution is -2.05. The molecule has 0 heterocycles. The molecule has 0 fully saturated rings. The van der Waals surface area contributed by atoms with Crippen LogP contribution in [0, 0.1) is 0 Å². The summed E-state index contributed by atoms with van der Waals surface area (Å²) in [6.45, 7) is 3.49. The van der Waals surface area contributed by atoms with Crippen molar-refractivity contribution in [2.24, 2.45) is 0 Å². The number of halogens is 1. The zero-order chi connectivity index (χ0) is 14.4. The van der Waals surface area contributed by atoms with E-state index in [1.807, 2.05) is 30.3 Å². The first-order chi connectivity index (χ1) is 9.70. The van der Waals surface area contributed by atoms with Gasteiger partial charge in [-0.25, -0.2) is 0 Å². The molecule has 0 aliphatic heterocycles. The van der Waals surface area contributed by atoms with Crippen LogP contribution >= 0.6 is 15.9 Å². The predicted molar refractivity (Wildman–Crippen MR) is 88.1 cm³/mol. The highest BCUT2D eigenvalue weighted by Gasteiger charge is 2.05. The number of hydrogen-bond donors (Lipinski definition) is 2. The predicted octanol–water partition coefficient (Wildman–Crippen LogP) is 4.43. The fourth-order valence-electron chi connectivity index (χ4n) is 1.84. The summed E-state index contributed by atoms with van der Waals surface area (Å²) in [5.74, 6) is 0.743. The van der Waals surface area contributed by atoms with Crippen LogP contribution in [-0.2, 0) is 6.54 Å². The Morgan fingerprint density at radius 3 is 2.60 bits per heavy atom. The monoisotopic (exact) mass is 334 g/mol. The Morgan fingerprint density at radius 1 is 1.15 bits per heavy atom. The number of nitrogens with one attached hydrogen (secondary N) is 1. The van der Waals surface area contributed by atoms with Gasteiger partial charge in [-0.05, 0) is 36.2 Å². The first-order valence-electron chi connectivity index (χ1n) is 6.70. The van der Waals surface area contributed by atoms with E-state index in [1.54, 1.807) is 0 Å². The van der Waals surface area contributed by atoms with Crippen LogP contribution in [0.15, 0.2) is 46.9 Å². The van der Waals surface area contributed by atoms with Crippen LogP contribution in [0.2, 0.25) is 0 Å². The lowest BCUT2D eigenvalue weighted by Gasteiger charge is -2.13. The molecule has 3 N–H and O–H groups in total. The van der Waals surface area contributed by atoms with E-state index < -0.39 is 0 Å². The summed E-state index contributed by atoms with van der Waals surface area (Å²) in [5.41, 5.74) is 8.89. The molecule has 2 aromatic carbocycles. The maximum atomic E-state index is 6.12. The van der Waals surface area contributed by atoms with Crippen molar-refractivity contribution in [3.63, 3.8) is 0 Å². The molecule has 0 spiro atoms. The van der Waals surface area contributed by atoms with E-state index in [9.17, 15) is 0 Å². The summed E-state index contributed by atoms with van der Waals surface area (Å²) < 4.78 is 6.70. The topological polar surface area (TPSA) is 47.3 Å². The molecular formula is C16H19BrN2O. The van der Waals surface area contributed by atoms with Crippen LogP contribution in [0.3, 0.4) is 0 Å². The number of para-hydroxylation sites is 1. The minimum Gasteiger partial charge on any atom is -0.491 e. The minimum atomic E-state index is 0.665. The summed E-state index contributed by atoms with van der Waals surface area (Å²) in [7, 11) is 0. The molecule has 2 aromatic rings. The minimum absolute atomic E-state index is 0.665. The molecule has 0 amide bonds. The maximum absolute atomic E-state index is 6.12.